The minimum atomic E-state index is 0.0945. The van der Waals surface area contributed by atoms with Crippen molar-refractivity contribution in [1.29, 1.82) is 0 Å². The third-order valence-corrected chi connectivity index (χ3v) is 3.25. The van der Waals surface area contributed by atoms with Crippen molar-refractivity contribution in [3.63, 3.8) is 0 Å². The first kappa shape index (κ1) is 11.4. The van der Waals surface area contributed by atoms with Crippen molar-refractivity contribution in [2.24, 2.45) is 0 Å². The average Bonchev–Trinajstić information content (AvgIpc) is 2.28. The van der Waals surface area contributed by atoms with E-state index in [2.05, 4.69) is 12.1 Å². The van der Waals surface area contributed by atoms with Crippen LogP contribution in [0.2, 0.25) is 0 Å². The highest BCUT2D eigenvalue weighted by Gasteiger charge is 2.39. The first-order valence-electron chi connectivity index (χ1n) is 5.64. The second-order valence-electron chi connectivity index (χ2n) is 4.33. The molecule has 0 aromatic heterocycles. The lowest BCUT2D eigenvalue weighted by Crippen LogP contribution is -2.46. The third-order valence-electron chi connectivity index (χ3n) is 3.25. The van der Waals surface area contributed by atoms with Gasteiger partial charge in [0.1, 0.15) is 5.75 Å². The molecule has 0 spiro atoms. The molecule has 0 radical (unpaired) electrons. The van der Waals surface area contributed by atoms with Gasteiger partial charge in [0, 0.05) is 12.0 Å². The fourth-order valence-corrected chi connectivity index (χ4v) is 2.17. The summed E-state index contributed by atoms with van der Waals surface area (Å²) in [5.41, 5.74) is 1.35. The maximum absolute atomic E-state index is 8.93. The van der Waals surface area contributed by atoms with Crippen molar-refractivity contribution in [3.05, 3.63) is 29.8 Å². The van der Waals surface area contributed by atoms with Crippen LogP contribution in [0.25, 0.3) is 0 Å². The predicted octanol–water partition coefficient (Wildman–Crippen LogP) is 1.74. The first-order valence-corrected chi connectivity index (χ1v) is 5.64. The Bertz CT molecular complexity index is 345. The van der Waals surface area contributed by atoms with Crippen molar-refractivity contribution in [3.8, 4) is 5.75 Å². The van der Waals surface area contributed by atoms with Gasteiger partial charge in [0.2, 0.25) is 0 Å². The summed E-state index contributed by atoms with van der Waals surface area (Å²) in [7, 11) is 1.68. The lowest BCUT2D eigenvalue weighted by Gasteiger charge is -2.42. The van der Waals surface area contributed by atoms with Gasteiger partial charge in [-0.3, -0.25) is 0 Å². The Morgan fingerprint density at radius 2 is 2.25 bits per heavy atom. The monoisotopic (exact) mass is 222 g/mol. The maximum Gasteiger partial charge on any atom is 0.119 e. The first-order chi connectivity index (χ1) is 7.80. The number of hydrogen-bond acceptors (Lipinski definition) is 3. The number of benzene rings is 1. The highest BCUT2D eigenvalue weighted by molar-refractivity contribution is 5.35. The van der Waals surface area contributed by atoms with Gasteiger partial charge in [0.15, 0.2) is 0 Å². The maximum atomic E-state index is 8.93. The number of aliphatic hydroxyl groups is 1. The summed E-state index contributed by atoms with van der Waals surface area (Å²) in [4.78, 5) is 0. The van der Waals surface area contributed by atoms with Crippen LogP contribution in [0.5, 0.6) is 5.75 Å². The largest absolute Gasteiger partial charge is 0.497 e. The second kappa shape index (κ2) is 4.85. The molecule has 0 unspecified atom stereocenters. The van der Waals surface area contributed by atoms with Gasteiger partial charge < -0.3 is 14.6 Å². The second-order valence-corrected chi connectivity index (χ2v) is 4.33. The molecule has 2 rings (SSSR count). The molecule has 3 nitrogen and oxygen atoms in total. The number of ether oxygens (including phenoxy) is 2. The SMILES string of the molecule is COc1cccc(C2(CCCO)COC2)c1. The molecule has 1 aromatic carbocycles. The molecule has 0 amide bonds. The van der Waals surface area contributed by atoms with Crippen LogP contribution in [0.4, 0.5) is 0 Å². The number of hydrogen-bond donors (Lipinski definition) is 1. The van der Waals surface area contributed by atoms with Gasteiger partial charge in [0.25, 0.3) is 0 Å². The molecule has 1 saturated heterocycles. The summed E-state index contributed by atoms with van der Waals surface area (Å²) >= 11 is 0. The zero-order valence-electron chi connectivity index (χ0n) is 9.61. The Morgan fingerprint density at radius 3 is 2.81 bits per heavy atom. The zero-order chi connectivity index (χ0) is 11.4. The Hall–Kier alpha value is -1.06. The van der Waals surface area contributed by atoms with Crippen molar-refractivity contribution in [2.45, 2.75) is 18.3 Å². The lowest BCUT2D eigenvalue weighted by molar-refractivity contribution is -0.0665. The smallest absolute Gasteiger partial charge is 0.119 e. The van der Waals surface area contributed by atoms with Gasteiger partial charge in [-0.25, -0.2) is 0 Å². The van der Waals surface area contributed by atoms with E-state index in [-0.39, 0.29) is 12.0 Å². The molecule has 1 heterocycles. The molecule has 16 heavy (non-hydrogen) atoms. The highest BCUT2D eigenvalue weighted by atomic mass is 16.5. The summed E-state index contributed by atoms with van der Waals surface area (Å²) in [6, 6.07) is 8.14. The molecule has 1 N–H and O–H groups in total. The van der Waals surface area contributed by atoms with E-state index in [1.54, 1.807) is 7.11 Å². The van der Waals surface area contributed by atoms with Gasteiger partial charge in [-0.2, -0.15) is 0 Å². The topological polar surface area (TPSA) is 38.7 Å². The fraction of sp³-hybridized carbons (Fsp3) is 0.538. The van der Waals surface area contributed by atoms with Gasteiger partial charge in [0.05, 0.1) is 20.3 Å². The van der Waals surface area contributed by atoms with E-state index in [4.69, 9.17) is 14.6 Å². The van der Waals surface area contributed by atoms with Gasteiger partial charge in [-0.15, -0.1) is 0 Å². The predicted molar refractivity (Wildman–Crippen MR) is 61.8 cm³/mol. The van der Waals surface area contributed by atoms with Crippen LogP contribution >= 0.6 is 0 Å². The summed E-state index contributed by atoms with van der Waals surface area (Å²) < 4.78 is 10.6. The minimum Gasteiger partial charge on any atom is -0.497 e. The Kier molecular flexibility index (Phi) is 3.46. The van der Waals surface area contributed by atoms with Crippen molar-refractivity contribution < 1.29 is 14.6 Å². The lowest BCUT2D eigenvalue weighted by atomic mass is 9.75. The van der Waals surface area contributed by atoms with E-state index >= 15 is 0 Å². The molecule has 0 aliphatic carbocycles. The summed E-state index contributed by atoms with van der Waals surface area (Å²) in [5, 5.41) is 8.93. The average molecular weight is 222 g/mol. The van der Waals surface area contributed by atoms with Crippen LogP contribution < -0.4 is 4.74 Å². The molecule has 1 aliphatic rings. The molecule has 1 fully saturated rings. The van der Waals surface area contributed by atoms with E-state index in [0.29, 0.717) is 0 Å². The van der Waals surface area contributed by atoms with Gasteiger partial charge >= 0.3 is 0 Å². The van der Waals surface area contributed by atoms with Crippen LogP contribution in [0.3, 0.4) is 0 Å². The van der Waals surface area contributed by atoms with Crippen LogP contribution in [0.1, 0.15) is 18.4 Å². The highest BCUT2D eigenvalue weighted by Crippen LogP contribution is 2.37. The van der Waals surface area contributed by atoms with Crippen molar-refractivity contribution in [1.82, 2.24) is 0 Å². The Labute approximate surface area is 96.0 Å². The van der Waals surface area contributed by atoms with Crippen molar-refractivity contribution >= 4 is 0 Å². The summed E-state index contributed by atoms with van der Waals surface area (Å²) in [5.74, 6) is 0.882. The van der Waals surface area contributed by atoms with E-state index in [0.717, 1.165) is 31.8 Å². The summed E-state index contributed by atoms with van der Waals surface area (Å²) in [6.07, 6.45) is 1.79. The molecular weight excluding hydrogens is 204 g/mol. The quantitative estimate of drug-likeness (QED) is 0.824. The van der Waals surface area contributed by atoms with E-state index < -0.39 is 0 Å². The van der Waals surface area contributed by atoms with E-state index in [9.17, 15) is 0 Å². The molecule has 88 valence electrons. The Morgan fingerprint density at radius 1 is 1.44 bits per heavy atom. The van der Waals surface area contributed by atoms with Gasteiger partial charge in [-0.05, 0) is 30.5 Å². The molecule has 0 saturated carbocycles. The molecule has 0 bridgehead atoms. The van der Waals surface area contributed by atoms with Crippen LogP contribution in [-0.2, 0) is 10.2 Å². The number of rotatable bonds is 5. The van der Waals surface area contributed by atoms with E-state index in [1.807, 2.05) is 12.1 Å². The Balaban J connectivity index is 2.18. The molecular formula is C13H18O3. The summed E-state index contributed by atoms with van der Waals surface area (Å²) in [6.45, 7) is 1.74. The molecule has 1 aromatic rings. The van der Waals surface area contributed by atoms with Crippen LogP contribution in [0, 0.1) is 0 Å². The molecule has 0 atom stereocenters. The van der Waals surface area contributed by atoms with Crippen LogP contribution in [0.15, 0.2) is 24.3 Å². The molecule has 3 heteroatoms. The van der Waals surface area contributed by atoms with Gasteiger partial charge in [-0.1, -0.05) is 12.1 Å². The van der Waals surface area contributed by atoms with Crippen LogP contribution in [-0.4, -0.2) is 32.0 Å². The normalized spacial score (nSPS) is 17.9. The minimum absolute atomic E-state index is 0.0945. The number of methoxy groups -OCH3 is 1. The molecule has 1 aliphatic heterocycles. The number of aliphatic hydroxyl groups excluding tert-OH is 1. The standard InChI is InChI=1S/C13H18O3/c1-15-12-5-2-4-11(8-12)13(6-3-7-14)9-16-10-13/h2,4-5,8,14H,3,6-7,9-10H2,1H3. The third kappa shape index (κ3) is 2.06. The van der Waals surface area contributed by atoms with E-state index in [1.165, 1.54) is 5.56 Å². The fourth-order valence-electron chi connectivity index (χ4n) is 2.17. The van der Waals surface area contributed by atoms with Crippen molar-refractivity contribution in [2.75, 3.05) is 26.9 Å². The zero-order valence-corrected chi connectivity index (χ0v) is 9.61.